The first kappa shape index (κ1) is 14.8. The zero-order valence-corrected chi connectivity index (χ0v) is 12.8. The molecule has 0 aliphatic carbocycles. The van der Waals surface area contributed by atoms with E-state index >= 15 is 0 Å². The Hall–Kier alpha value is -2.17. The van der Waals surface area contributed by atoms with Gasteiger partial charge in [0.2, 0.25) is 0 Å². The lowest BCUT2D eigenvalue weighted by Gasteiger charge is -2.07. The van der Waals surface area contributed by atoms with Gasteiger partial charge >= 0.3 is 0 Å². The van der Waals surface area contributed by atoms with Crippen molar-refractivity contribution in [2.24, 2.45) is 7.05 Å². The van der Waals surface area contributed by atoms with Crippen molar-refractivity contribution in [3.05, 3.63) is 54.4 Å². The number of aromatic nitrogens is 2. The van der Waals surface area contributed by atoms with Crippen LogP contribution in [0.4, 0.5) is 0 Å². The van der Waals surface area contributed by atoms with Gasteiger partial charge in [0.05, 0.1) is 0 Å². The number of aliphatic hydroxyl groups excluding tert-OH is 1. The Kier molecular flexibility index (Phi) is 4.51. The van der Waals surface area contributed by atoms with E-state index in [1.54, 1.807) is 0 Å². The zero-order valence-electron chi connectivity index (χ0n) is 12.8. The van der Waals surface area contributed by atoms with Gasteiger partial charge in [0.1, 0.15) is 5.65 Å². The van der Waals surface area contributed by atoms with Crippen molar-refractivity contribution in [1.29, 1.82) is 0 Å². The molecular weight excluding hydrogens is 274 g/mol. The van der Waals surface area contributed by atoms with Crippen molar-refractivity contribution in [1.82, 2.24) is 14.9 Å². The van der Waals surface area contributed by atoms with Crippen LogP contribution >= 0.6 is 0 Å². The molecule has 4 nitrogen and oxygen atoms in total. The van der Waals surface area contributed by atoms with Crippen LogP contribution < -0.4 is 5.32 Å². The van der Waals surface area contributed by atoms with E-state index in [4.69, 9.17) is 5.11 Å². The van der Waals surface area contributed by atoms with Crippen LogP contribution in [0.25, 0.3) is 22.2 Å². The van der Waals surface area contributed by atoms with E-state index in [1.165, 1.54) is 22.1 Å². The predicted octanol–water partition coefficient (Wildman–Crippen LogP) is 2.71. The van der Waals surface area contributed by atoms with Crippen molar-refractivity contribution < 1.29 is 5.11 Å². The van der Waals surface area contributed by atoms with Gasteiger partial charge in [0, 0.05) is 38.0 Å². The maximum atomic E-state index is 8.77. The van der Waals surface area contributed by atoms with Gasteiger partial charge in [-0.3, -0.25) is 0 Å². The number of pyridine rings is 1. The van der Waals surface area contributed by atoms with Crippen molar-refractivity contribution in [2.75, 3.05) is 13.2 Å². The van der Waals surface area contributed by atoms with E-state index in [0.717, 1.165) is 25.2 Å². The molecule has 0 aliphatic heterocycles. The summed E-state index contributed by atoms with van der Waals surface area (Å²) < 4.78 is 2.04. The van der Waals surface area contributed by atoms with Crippen LogP contribution in [-0.2, 0) is 13.6 Å². The molecule has 114 valence electrons. The summed E-state index contributed by atoms with van der Waals surface area (Å²) in [5, 5.41) is 13.3. The third kappa shape index (κ3) is 3.03. The fourth-order valence-electron chi connectivity index (χ4n) is 2.66. The Morgan fingerprint density at radius 1 is 1.14 bits per heavy atom. The molecule has 3 aromatic rings. The first-order chi connectivity index (χ1) is 10.8. The second-order valence-electron chi connectivity index (χ2n) is 5.47. The Bertz CT molecular complexity index is 747. The molecule has 0 bridgehead atoms. The molecule has 0 fully saturated rings. The highest BCUT2D eigenvalue weighted by Crippen LogP contribution is 2.27. The molecule has 3 rings (SSSR count). The molecular formula is C18H21N3O. The van der Waals surface area contributed by atoms with E-state index in [0.29, 0.717) is 0 Å². The molecule has 2 aromatic heterocycles. The number of hydrogen-bond donors (Lipinski definition) is 2. The van der Waals surface area contributed by atoms with Gasteiger partial charge in [-0.1, -0.05) is 24.3 Å². The number of aliphatic hydroxyl groups is 1. The van der Waals surface area contributed by atoms with Gasteiger partial charge in [-0.2, -0.15) is 0 Å². The van der Waals surface area contributed by atoms with Crippen LogP contribution in [0.3, 0.4) is 0 Å². The lowest BCUT2D eigenvalue weighted by atomic mass is 10.0. The molecule has 0 radical (unpaired) electrons. The highest BCUT2D eigenvalue weighted by atomic mass is 16.3. The van der Waals surface area contributed by atoms with Gasteiger partial charge in [0.15, 0.2) is 0 Å². The van der Waals surface area contributed by atoms with Crippen molar-refractivity contribution in [3.63, 3.8) is 0 Å². The maximum Gasteiger partial charge on any atom is 0.140 e. The summed E-state index contributed by atoms with van der Waals surface area (Å²) in [5.74, 6) is 0. The van der Waals surface area contributed by atoms with Crippen LogP contribution in [0.1, 0.15) is 12.0 Å². The van der Waals surface area contributed by atoms with Crippen LogP contribution in [0, 0.1) is 0 Å². The number of nitrogens with zero attached hydrogens (tertiary/aromatic N) is 2. The molecule has 0 saturated heterocycles. The van der Waals surface area contributed by atoms with Crippen LogP contribution in [0.2, 0.25) is 0 Å². The highest BCUT2D eigenvalue weighted by molar-refractivity contribution is 5.93. The number of benzene rings is 1. The maximum absolute atomic E-state index is 8.77. The van der Waals surface area contributed by atoms with Crippen LogP contribution in [0.15, 0.2) is 48.8 Å². The Balaban J connectivity index is 1.80. The third-order valence-corrected chi connectivity index (χ3v) is 3.87. The standard InChI is InChI=1S/C18H21N3O/c1-21-11-8-17-16(7-10-20-18(17)21)15-5-3-14(4-6-15)13-19-9-2-12-22/h3-8,10-11,19,22H,2,9,12-13H2,1H3. The molecule has 4 heteroatoms. The van der Waals surface area contributed by atoms with Gasteiger partial charge in [-0.05, 0) is 41.8 Å². The van der Waals surface area contributed by atoms with E-state index in [9.17, 15) is 0 Å². The minimum absolute atomic E-state index is 0.237. The number of rotatable bonds is 6. The lowest BCUT2D eigenvalue weighted by molar-refractivity contribution is 0.286. The summed E-state index contributed by atoms with van der Waals surface area (Å²) in [4.78, 5) is 4.43. The van der Waals surface area contributed by atoms with E-state index in [2.05, 4.69) is 46.7 Å². The normalized spacial score (nSPS) is 11.2. The van der Waals surface area contributed by atoms with E-state index in [-0.39, 0.29) is 6.61 Å². The van der Waals surface area contributed by atoms with Crippen molar-refractivity contribution in [3.8, 4) is 11.1 Å². The number of nitrogens with one attached hydrogen (secondary N) is 1. The van der Waals surface area contributed by atoms with Gasteiger partial charge in [-0.25, -0.2) is 4.98 Å². The number of fused-ring (bicyclic) bond motifs is 1. The highest BCUT2D eigenvalue weighted by Gasteiger charge is 2.07. The molecule has 0 unspecified atom stereocenters. The molecule has 1 aromatic carbocycles. The third-order valence-electron chi connectivity index (χ3n) is 3.87. The fraction of sp³-hybridized carbons (Fsp3) is 0.278. The minimum atomic E-state index is 0.237. The first-order valence-electron chi connectivity index (χ1n) is 7.60. The molecule has 22 heavy (non-hydrogen) atoms. The van der Waals surface area contributed by atoms with Crippen molar-refractivity contribution in [2.45, 2.75) is 13.0 Å². The first-order valence-corrected chi connectivity index (χ1v) is 7.60. The minimum Gasteiger partial charge on any atom is -0.396 e. The fourth-order valence-corrected chi connectivity index (χ4v) is 2.66. The molecule has 0 saturated carbocycles. The van der Waals surface area contributed by atoms with Crippen molar-refractivity contribution >= 4 is 11.0 Å². The van der Waals surface area contributed by atoms with Gasteiger partial charge in [-0.15, -0.1) is 0 Å². The zero-order chi connectivity index (χ0) is 15.4. The largest absolute Gasteiger partial charge is 0.396 e. The van der Waals surface area contributed by atoms with E-state index < -0.39 is 0 Å². The second-order valence-corrected chi connectivity index (χ2v) is 5.47. The molecule has 2 N–H and O–H groups in total. The summed E-state index contributed by atoms with van der Waals surface area (Å²) in [6.07, 6.45) is 4.70. The summed E-state index contributed by atoms with van der Waals surface area (Å²) in [7, 11) is 2.01. The van der Waals surface area contributed by atoms with Crippen LogP contribution in [0.5, 0.6) is 0 Å². The SMILES string of the molecule is Cn1ccc2c(-c3ccc(CNCCCO)cc3)ccnc21. The number of hydrogen-bond acceptors (Lipinski definition) is 3. The smallest absolute Gasteiger partial charge is 0.140 e. The molecule has 0 atom stereocenters. The summed E-state index contributed by atoms with van der Waals surface area (Å²) in [5.41, 5.74) is 4.68. The predicted molar refractivity (Wildman–Crippen MR) is 89.6 cm³/mol. The second kappa shape index (κ2) is 6.73. The van der Waals surface area contributed by atoms with Crippen LogP contribution in [-0.4, -0.2) is 27.8 Å². The molecule has 0 spiro atoms. The van der Waals surface area contributed by atoms with Gasteiger partial charge in [0.25, 0.3) is 0 Å². The molecule has 0 amide bonds. The number of aryl methyl sites for hydroxylation is 1. The Morgan fingerprint density at radius 3 is 2.73 bits per heavy atom. The average Bonchev–Trinajstić information content (AvgIpc) is 2.94. The van der Waals surface area contributed by atoms with Gasteiger partial charge < -0.3 is 15.0 Å². The Labute approximate surface area is 130 Å². The average molecular weight is 295 g/mol. The summed E-state index contributed by atoms with van der Waals surface area (Å²) in [6, 6.07) is 12.8. The summed E-state index contributed by atoms with van der Waals surface area (Å²) >= 11 is 0. The lowest BCUT2D eigenvalue weighted by Crippen LogP contribution is -2.15. The molecule has 2 heterocycles. The topological polar surface area (TPSA) is 50.1 Å². The Morgan fingerprint density at radius 2 is 1.95 bits per heavy atom. The quantitative estimate of drug-likeness (QED) is 0.688. The van der Waals surface area contributed by atoms with E-state index in [1.807, 2.05) is 24.0 Å². The molecule has 0 aliphatic rings. The monoisotopic (exact) mass is 295 g/mol. The summed E-state index contributed by atoms with van der Waals surface area (Å²) in [6.45, 7) is 1.91.